The third-order valence-electron chi connectivity index (χ3n) is 6.37. The van der Waals surface area contributed by atoms with Crippen molar-refractivity contribution in [3.05, 3.63) is 108 Å². The first-order chi connectivity index (χ1) is 18.8. The second kappa shape index (κ2) is 11.0. The number of amides is 1. The molecule has 4 aromatic rings. The Morgan fingerprint density at radius 3 is 1.95 bits per heavy atom. The molecule has 0 unspecified atom stereocenters. The molecule has 5 rings (SSSR count). The van der Waals surface area contributed by atoms with Crippen molar-refractivity contribution in [2.24, 2.45) is 0 Å². The van der Waals surface area contributed by atoms with Crippen molar-refractivity contribution in [2.75, 3.05) is 41.3 Å². The number of piperazine rings is 1. The lowest BCUT2D eigenvalue weighted by molar-refractivity contribution is -0.111. The zero-order valence-electron chi connectivity index (χ0n) is 20.4. The fraction of sp³-hybridized carbons (Fsp3) is 0.138. The molecule has 0 atom stereocenters. The number of hydrogen-bond acceptors (Lipinski definition) is 4. The first kappa shape index (κ1) is 26.0. The number of carbonyl (C=O) groups excluding carboxylic acids is 1. The molecule has 10 heteroatoms. The Balaban J connectivity index is 1.17. The maximum absolute atomic E-state index is 14.2. The normalized spacial score (nSPS) is 13.8. The largest absolute Gasteiger partial charge is 0.457 e. The summed E-state index contributed by atoms with van der Waals surface area (Å²) in [7, 11) is 0. The van der Waals surface area contributed by atoms with Gasteiger partial charge in [0.2, 0.25) is 11.7 Å². The molecule has 5 nitrogen and oxygen atoms in total. The standard InChI is InChI=1S/C29H22F5N3O2/c30-24-25(31)27(33)29(28(34)26(24)32)37-16-14-36(15-17-37)20-8-6-19(7-9-20)35-23(38)13-11-21-10-12-22(39-21)18-4-2-1-3-5-18/h1-13H,14-17H2,(H,35,38)/b13-11+. The predicted octanol–water partition coefficient (Wildman–Crippen LogP) is 6.62. The molecule has 1 fully saturated rings. The van der Waals surface area contributed by atoms with Crippen LogP contribution in [0.4, 0.5) is 39.0 Å². The highest BCUT2D eigenvalue weighted by atomic mass is 19.2. The molecule has 39 heavy (non-hydrogen) atoms. The topological polar surface area (TPSA) is 48.7 Å². The van der Waals surface area contributed by atoms with E-state index in [9.17, 15) is 26.7 Å². The number of benzene rings is 3. The van der Waals surface area contributed by atoms with E-state index in [1.807, 2.05) is 41.3 Å². The number of furan rings is 1. The van der Waals surface area contributed by atoms with Gasteiger partial charge in [0.1, 0.15) is 17.2 Å². The monoisotopic (exact) mass is 539 g/mol. The van der Waals surface area contributed by atoms with E-state index in [4.69, 9.17) is 4.42 Å². The minimum atomic E-state index is -2.17. The number of anilines is 3. The first-order valence-corrected chi connectivity index (χ1v) is 12.1. The summed E-state index contributed by atoms with van der Waals surface area (Å²) in [4.78, 5) is 15.4. The van der Waals surface area contributed by atoms with Gasteiger partial charge in [-0.25, -0.2) is 22.0 Å². The fourth-order valence-electron chi connectivity index (χ4n) is 4.36. The zero-order valence-corrected chi connectivity index (χ0v) is 20.4. The maximum Gasteiger partial charge on any atom is 0.248 e. The third-order valence-corrected chi connectivity index (χ3v) is 6.37. The third kappa shape index (κ3) is 5.50. The van der Waals surface area contributed by atoms with Crippen LogP contribution >= 0.6 is 0 Å². The van der Waals surface area contributed by atoms with E-state index in [0.717, 1.165) is 16.2 Å². The van der Waals surface area contributed by atoms with Crippen LogP contribution in [0.5, 0.6) is 0 Å². The summed E-state index contributed by atoms with van der Waals surface area (Å²) in [5.41, 5.74) is 1.35. The summed E-state index contributed by atoms with van der Waals surface area (Å²) in [6.07, 6.45) is 2.93. The summed E-state index contributed by atoms with van der Waals surface area (Å²) in [6.45, 7) is 0.699. The van der Waals surface area contributed by atoms with Crippen LogP contribution in [0, 0.1) is 29.1 Å². The van der Waals surface area contributed by atoms with Crippen molar-refractivity contribution in [1.29, 1.82) is 0 Å². The highest BCUT2D eigenvalue weighted by molar-refractivity contribution is 6.01. The Kier molecular flexibility index (Phi) is 7.36. The van der Waals surface area contributed by atoms with Gasteiger partial charge in [-0.2, -0.15) is 0 Å². The summed E-state index contributed by atoms with van der Waals surface area (Å²) in [5.74, 6) is -8.89. The first-order valence-electron chi connectivity index (χ1n) is 12.1. The molecule has 1 aliphatic rings. The van der Waals surface area contributed by atoms with Crippen LogP contribution in [0.3, 0.4) is 0 Å². The molecule has 3 aromatic carbocycles. The van der Waals surface area contributed by atoms with Crippen LogP contribution in [0.2, 0.25) is 0 Å². The van der Waals surface area contributed by atoms with Crippen molar-refractivity contribution in [1.82, 2.24) is 0 Å². The molecular weight excluding hydrogens is 517 g/mol. The van der Waals surface area contributed by atoms with E-state index in [1.165, 1.54) is 6.08 Å². The number of nitrogens with zero attached hydrogens (tertiary/aromatic N) is 2. The van der Waals surface area contributed by atoms with Crippen molar-refractivity contribution in [3.63, 3.8) is 0 Å². The van der Waals surface area contributed by atoms with E-state index < -0.39 is 34.8 Å². The van der Waals surface area contributed by atoms with Crippen molar-refractivity contribution in [3.8, 4) is 11.3 Å². The highest BCUT2D eigenvalue weighted by Gasteiger charge is 2.30. The van der Waals surface area contributed by atoms with Gasteiger partial charge in [0.05, 0.1) is 0 Å². The quantitative estimate of drug-likeness (QED) is 0.130. The molecule has 1 saturated heterocycles. The Morgan fingerprint density at radius 1 is 0.718 bits per heavy atom. The van der Waals surface area contributed by atoms with Gasteiger partial charge in [0, 0.05) is 49.2 Å². The van der Waals surface area contributed by atoms with Crippen molar-refractivity contribution < 1.29 is 31.2 Å². The summed E-state index contributed by atoms with van der Waals surface area (Å²) in [5, 5.41) is 2.76. The van der Waals surface area contributed by atoms with Gasteiger partial charge in [0.25, 0.3) is 0 Å². The molecule has 0 bridgehead atoms. The molecular formula is C29H22F5N3O2. The Morgan fingerprint density at radius 2 is 1.31 bits per heavy atom. The minimum absolute atomic E-state index is 0.0560. The number of halogens is 5. The SMILES string of the molecule is O=C(/C=C/c1ccc(-c2ccccc2)o1)Nc1ccc(N2CCN(c3c(F)c(F)c(F)c(F)c3F)CC2)cc1. The van der Waals surface area contributed by atoms with Gasteiger partial charge in [-0.1, -0.05) is 30.3 Å². The average molecular weight is 540 g/mol. The molecule has 1 N–H and O–H groups in total. The van der Waals surface area contributed by atoms with Crippen molar-refractivity contribution in [2.45, 2.75) is 0 Å². The lowest BCUT2D eigenvalue weighted by Crippen LogP contribution is -2.47. The molecule has 1 aromatic heterocycles. The molecule has 0 radical (unpaired) electrons. The van der Waals surface area contributed by atoms with Gasteiger partial charge in [-0.3, -0.25) is 4.79 Å². The van der Waals surface area contributed by atoms with E-state index >= 15 is 0 Å². The fourth-order valence-corrected chi connectivity index (χ4v) is 4.36. The predicted molar refractivity (Wildman–Crippen MR) is 139 cm³/mol. The second-order valence-electron chi connectivity index (χ2n) is 8.83. The Hall–Kier alpha value is -4.60. The van der Waals surface area contributed by atoms with Gasteiger partial charge >= 0.3 is 0 Å². The number of rotatable bonds is 6. The average Bonchev–Trinajstić information content (AvgIpc) is 3.45. The lowest BCUT2D eigenvalue weighted by Gasteiger charge is -2.37. The van der Waals surface area contributed by atoms with E-state index in [0.29, 0.717) is 30.3 Å². The van der Waals surface area contributed by atoms with Crippen LogP contribution in [0.15, 0.2) is 77.2 Å². The van der Waals surface area contributed by atoms with Gasteiger partial charge < -0.3 is 19.5 Å². The molecule has 0 saturated carbocycles. The molecule has 2 heterocycles. The van der Waals surface area contributed by atoms with Crippen LogP contribution in [-0.4, -0.2) is 32.1 Å². The molecule has 0 spiro atoms. The smallest absolute Gasteiger partial charge is 0.248 e. The Bertz CT molecular complexity index is 1480. The number of hydrogen-bond donors (Lipinski definition) is 1. The molecule has 200 valence electrons. The van der Waals surface area contributed by atoms with E-state index in [2.05, 4.69) is 5.32 Å². The van der Waals surface area contributed by atoms with Crippen LogP contribution in [0.25, 0.3) is 17.4 Å². The lowest BCUT2D eigenvalue weighted by atomic mass is 10.2. The van der Waals surface area contributed by atoms with Crippen molar-refractivity contribution >= 4 is 29.0 Å². The summed E-state index contributed by atoms with van der Waals surface area (Å²) >= 11 is 0. The zero-order chi connectivity index (χ0) is 27.5. The highest BCUT2D eigenvalue weighted by Crippen LogP contribution is 2.31. The van der Waals surface area contributed by atoms with Crippen LogP contribution in [-0.2, 0) is 4.79 Å². The second-order valence-corrected chi connectivity index (χ2v) is 8.83. The van der Waals surface area contributed by atoms with Gasteiger partial charge in [-0.05, 0) is 42.5 Å². The minimum Gasteiger partial charge on any atom is -0.457 e. The number of nitrogens with one attached hydrogen (secondary N) is 1. The summed E-state index contributed by atoms with van der Waals surface area (Å²) < 4.78 is 74.6. The maximum atomic E-state index is 14.2. The van der Waals surface area contributed by atoms with E-state index in [-0.39, 0.29) is 19.0 Å². The number of carbonyl (C=O) groups is 1. The molecule has 1 amide bonds. The van der Waals surface area contributed by atoms with Crippen LogP contribution in [0.1, 0.15) is 5.76 Å². The van der Waals surface area contributed by atoms with Gasteiger partial charge in [-0.15, -0.1) is 0 Å². The van der Waals surface area contributed by atoms with E-state index in [1.54, 1.807) is 36.4 Å². The molecule has 1 aliphatic heterocycles. The molecule has 0 aliphatic carbocycles. The summed E-state index contributed by atoms with van der Waals surface area (Å²) in [6, 6.07) is 20.1. The van der Waals surface area contributed by atoms with Gasteiger partial charge in [0.15, 0.2) is 23.3 Å². The van der Waals surface area contributed by atoms with Crippen LogP contribution < -0.4 is 15.1 Å². The Labute approximate surface area is 220 Å².